The SMILES string of the molecule is BrB(Br)Br.COc1cc(C)c([B]c2c(C)cc(-c3ccc(-c4ccccc4)cc3)cc2C)c(C)c1.Cc1cc(O)cc(C)c1[B]c1c(C)cc(-c2ccc(-c3ccccc3)cc2)cc1C. The molecule has 0 amide bonds. The van der Waals surface area contributed by atoms with Crippen molar-refractivity contribution in [2.24, 2.45) is 0 Å². The van der Waals surface area contributed by atoms with E-state index in [9.17, 15) is 5.11 Å². The molecule has 0 saturated carbocycles. The molecule has 324 valence electrons. The van der Waals surface area contributed by atoms with Crippen LogP contribution in [0, 0.1) is 55.4 Å². The van der Waals surface area contributed by atoms with Crippen LogP contribution in [0.25, 0.3) is 44.5 Å². The van der Waals surface area contributed by atoms with Gasteiger partial charge in [-0.3, -0.25) is 0 Å². The van der Waals surface area contributed by atoms with E-state index in [1.165, 1.54) is 99.7 Å². The Morgan fingerprint density at radius 3 is 0.862 bits per heavy atom. The van der Waals surface area contributed by atoms with Crippen LogP contribution >= 0.6 is 47.3 Å². The van der Waals surface area contributed by atoms with Crippen LogP contribution in [0.2, 0.25) is 0 Å². The average molecular weight is 1040 g/mol. The molecule has 0 saturated heterocycles. The highest BCUT2D eigenvalue weighted by Crippen LogP contribution is 2.28. The van der Waals surface area contributed by atoms with Gasteiger partial charge in [0.25, 0.3) is 0 Å². The second-order valence-electron chi connectivity index (χ2n) is 16.6. The predicted molar refractivity (Wildman–Crippen MR) is 296 cm³/mol. The van der Waals surface area contributed by atoms with E-state index in [2.05, 4.69) is 243 Å². The van der Waals surface area contributed by atoms with E-state index in [-0.39, 0.29) is 3.18 Å². The molecule has 0 fully saturated rings. The first-order chi connectivity index (χ1) is 31.1. The quantitative estimate of drug-likeness (QED) is 0.146. The second-order valence-corrected chi connectivity index (χ2v) is 23.1. The smallest absolute Gasteiger partial charge is 0.369 e. The number of rotatable bonds is 9. The van der Waals surface area contributed by atoms with E-state index in [4.69, 9.17) is 4.74 Å². The molecular formula is C57H54B3Br3O2. The van der Waals surface area contributed by atoms with E-state index in [1.54, 1.807) is 7.11 Å². The van der Waals surface area contributed by atoms with Gasteiger partial charge in [0, 0.05) is 0 Å². The van der Waals surface area contributed by atoms with Crippen LogP contribution in [-0.4, -0.2) is 30.0 Å². The summed E-state index contributed by atoms with van der Waals surface area (Å²) < 4.78 is 5.69. The summed E-state index contributed by atoms with van der Waals surface area (Å²) in [7, 11) is 6.28. The van der Waals surface area contributed by atoms with Gasteiger partial charge in [-0.25, -0.2) is 0 Å². The largest absolute Gasteiger partial charge is 0.508 e. The van der Waals surface area contributed by atoms with Crippen LogP contribution in [-0.2, 0) is 0 Å². The van der Waals surface area contributed by atoms with Gasteiger partial charge in [-0.1, -0.05) is 200 Å². The van der Waals surface area contributed by atoms with Crippen molar-refractivity contribution in [2.45, 2.75) is 55.4 Å². The first kappa shape index (κ1) is 49.4. The van der Waals surface area contributed by atoms with Gasteiger partial charge in [0.1, 0.15) is 11.5 Å². The van der Waals surface area contributed by atoms with Crippen LogP contribution in [0.15, 0.2) is 158 Å². The molecule has 0 heterocycles. The molecule has 0 bridgehead atoms. The third-order valence-electron chi connectivity index (χ3n) is 11.8. The maximum absolute atomic E-state index is 9.83. The third kappa shape index (κ3) is 13.1. The van der Waals surface area contributed by atoms with Gasteiger partial charge in [-0.05, 0) is 124 Å². The van der Waals surface area contributed by atoms with E-state index in [1.807, 2.05) is 32.0 Å². The highest BCUT2D eigenvalue weighted by atomic mass is 79.9. The number of hydrogen-bond acceptors (Lipinski definition) is 2. The van der Waals surface area contributed by atoms with E-state index < -0.39 is 0 Å². The minimum Gasteiger partial charge on any atom is -0.508 e. The molecular weight excluding hydrogens is 989 g/mol. The standard InChI is InChI=1S/C29H28BO.C28H26BO.BBr3/c1-19-15-26(25-13-11-24(12-14-25)23-9-7-6-8-10-23)16-20(2)28(19)30-29-21(3)17-27(31-5)18-22(29)4;1-18-14-25(24-12-10-23(11-13-24)22-8-6-5-7-9-22)15-19(2)27(18)29-28-20(3)16-26(30)17-21(28)4;2-1(3)4/h6-18H,1-5H3;5-17,30H,1-4H3;. The predicted octanol–water partition coefficient (Wildman–Crippen LogP) is 13.7. The zero-order chi connectivity index (χ0) is 46.8. The fourth-order valence-electron chi connectivity index (χ4n) is 8.46. The molecule has 0 spiro atoms. The minimum absolute atomic E-state index is 0.271. The Morgan fingerprint density at radius 1 is 0.354 bits per heavy atom. The van der Waals surface area contributed by atoms with Gasteiger partial charge < -0.3 is 9.84 Å². The van der Waals surface area contributed by atoms with E-state index in [0.717, 1.165) is 16.9 Å². The minimum atomic E-state index is 0.271. The lowest BCUT2D eigenvalue weighted by molar-refractivity contribution is 0.414. The van der Waals surface area contributed by atoms with E-state index in [0.29, 0.717) is 5.75 Å². The fraction of sp³-hybridized carbons (Fsp3) is 0.158. The molecule has 0 unspecified atom stereocenters. The summed E-state index contributed by atoms with van der Waals surface area (Å²) in [6.07, 6.45) is 0. The van der Waals surface area contributed by atoms with Crippen molar-refractivity contribution in [1.29, 1.82) is 0 Å². The number of aryl methyl sites for hydroxylation is 8. The maximum Gasteiger partial charge on any atom is 0.369 e. The number of benzene rings is 8. The Labute approximate surface area is 414 Å². The zero-order valence-corrected chi connectivity index (χ0v) is 43.5. The molecule has 0 aliphatic heterocycles. The van der Waals surface area contributed by atoms with Crippen molar-refractivity contribution in [3.05, 3.63) is 202 Å². The maximum atomic E-state index is 9.83. The molecule has 0 aliphatic rings. The summed E-state index contributed by atoms with van der Waals surface area (Å²) in [5.41, 5.74) is 24.6. The van der Waals surface area contributed by atoms with Crippen molar-refractivity contribution < 1.29 is 9.84 Å². The molecule has 2 nitrogen and oxygen atoms in total. The summed E-state index contributed by atoms with van der Waals surface area (Å²) in [6, 6.07) is 55.6. The van der Waals surface area contributed by atoms with Crippen LogP contribution in [0.5, 0.6) is 11.5 Å². The topological polar surface area (TPSA) is 29.5 Å². The molecule has 0 aliphatic carbocycles. The Hall–Kier alpha value is -5.01. The van der Waals surface area contributed by atoms with Crippen LogP contribution < -0.4 is 26.6 Å². The lowest BCUT2D eigenvalue weighted by atomic mass is 9.58. The average Bonchev–Trinajstić information content (AvgIpc) is 3.28. The molecule has 65 heavy (non-hydrogen) atoms. The molecule has 8 aromatic rings. The number of halogens is 3. The number of phenols is 1. The summed E-state index contributed by atoms with van der Waals surface area (Å²) in [5.74, 6) is 1.24. The highest BCUT2D eigenvalue weighted by molar-refractivity contribution is 9.69. The van der Waals surface area contributed by atoms with Crippen molar-refractivity contribution >= 4 is 86.9 Å². The van der Waals surface area contributed by atoms with Crippen molar-refractivity contribution in [3.8, 4) is 56.0 Å². The first-order valence-electron chi connectivity index (χ1n) is 21.7. The summed E-state index contributed by atoms with van der Waals surface area (Å²) in [5, 5.41) is 9.83. The first-order valence-corrected chi connectivity index (χ1v) is 24.5. The van der Waals surface area contributed by atoms with Crippen molar-refractivity contribution in [1.82, 2.24) is 0 Å². The molecule has 8 aromatic carbocycles. The summed E-state index contributed by atoms with van der Waals surface area (Å²) in [4.78, 5) is 0. The molecule has 8 rings (SSSR count). The third-order valence-corrected chi connectivity index (χ3v) is 11.8. The van der Waals surface area contributed by atoms with Gasteiger partial charge >= 0.3 is 3.18 Å². The number of phenolic OH excluding ortho intramolecular Hbond substituents is 1. The number of ether oxygens (including phenoxy) is 1. The molecule has 8 heteroatoms. The summed E-state index contributed by atoms with van der Waals surface area (Å²) >= 11 is 9.31. The number of aromatic hydroxyl groups is 1. The zero-order valence-electron chi connectivity index (χ0n) is 38.7. The molecule has 0 aromatic heterocycles. The Bertz CT molecular complexity index is 2770. The van der Waals surface area contributed by atoms with Gasteiger partial charge in [0.05, 0.1) is 7.11 Å². The Balaban J connectivity index is 0.000000199. The Kier molecular flexibility index (Phi) is 17.4. The normalized spacial score (nSPS) is 10.5. The van der Waals surface area contributed by atoms with E-state index >= 15 is 0 Å². The van der Waals surface area contributed by atoms with Gasteiger partial charge in [-0.15, -0.1) is 47.3 Å². The van der Waals surface area contributed by atoms with Crippen LogP contribution in [0.3, 0.4) is 0 Å². The molecule has 1 N–H and O–H groups in total. The van der Waals surface area contributed by atoms with Crippen molar-refractivity contribution in [2.75, 3.05) is 7.11 Å². The van der Waals surface area contributed by atoms with Crippen molar-refractivity contribution in [3.63, 3.8) is 0 Å². The summed E-state index contributed by atoms with van der Waals surface area (Å²) in [6.45, 7) is 17.1. The van der Waals surface area contributed by atoms with Gasteiger partial charge in [0.2, 0.25) is 0 Å². The number of methoxy groups -OCH3 is 1. The lowest BCUT2D eigenvalue weighted by Gasteiger charge is -2.16. The van der Waals surface area contributed by atoms with Gasteiger partial charge in [-0.2, -0.15) is 0 Å². The lowest BCUT2D eigenvalue weighted by Crippen LogP contribution is -2.34. The monoisotopic (exact) mass is 1040 g/mol. The second kappa shape index (κ2) is 22.9. The molecule has 2 radical (unpaired) electrons. The number of hydrogen-bond donors (Lipinski definition) is 1. The highest BCUT2D eigenvalue weighted by Gasteiger charge is 2.15. The van der Waals surface area contributed by atoms with Crippen LogP contribution in [0.4, 0.5) is 0 Å². The molecule has 0 atom stereocenters. The fourth-order valence-corrected chi connectivity index (χ4v) is 8.46. The Morgan fingerprint density at radius 2 is 0.585 bits per heavy atom. The van der Waals surface area contributed by atoms with Crippen LogP contribution in [0.1, 0.15) is 44.5 Å². The van der Waals surface area contributed by atoms with Gasteiger partial charge in [0.15, 0.2) is 14.6 Å².